The van der Waals surface area contributed by atoms with Crippen LogP contribution in [0.3, 0.4) is 0 Å². The summed E-state index contributed by atoms with van der Waals surface area (Å²) in [5.74, 6) is 0.919. The summed E-state index contributed by atoms with van der Waals surface area (Å²) in [6.07, 6.45) is 0.967. The Balaban J connectivity index is 0.00000133. The van der Waals surface area contributed by atoms with E-state index < -0.39 is 0 Å². The van der Waals surface area contributed by atoms with Gasteiger partial charge in [0.15, 0.2) is 0 Å². The van der Waals surface area contributed by atoms with Crippen LogP contribution in [0.1, 0.15) is 23.8 Å². The van der Waals surface area contributed by atoms with Gasteiger partial charge in [0.25, 0.3) is 0 Å². The van der Waals surface area contributed by atoms with Crippen molar-refractivity contribution in [1.82, 2.24) is 4.90 Å². The molecular formula is C16H19BrClMgNO. The molecule has 0 amide bonds. The van der Waals surface area contributed by atoms with E-state index in [0.717, 1.165) is 41.4 Å². The first-order valence-electron chi connectivity index (χ1n) is 6.15. The monoisotopic (exact) mass is 379 g/mol. The van der Waals surface area contributed by atoms with Crippen molar-refractivity contribution in [3.63, 3.8) is 0 Å². The van der Waals surface area contributed by atoms with Crippen molar-refractivity contribution < 1.29 is 21.4 Å². The van der Waals surface area contributed by atoms with Crippen molar-refractivity contribution in [2.24, 2.45) is 0 Å². The Kier molecular flexibility index (Phi) is 8.02. The van der Waals surface area contributed by atoms with E-state index in [-0.39, 0.29) is 47.5 Å². The van der Waals surface area contributed by atoms with Gasteiger partial charge in [-0.3, -0.25) is 0 Å². The van der Waals surface area contributed by atoms with Gasteiger partial charge < -0.3 is 33.7 Å². The molecule has 2 aromatic rings. The zero-order chi connectivity index (χ0) is 12.9. The summed E-state index contributed by atoms with van der Waals surface area (Å²) < 4.78 is 5.95. The van der Waals surface area contributed by atoms with Crippen LogP contribution in [0.4, 0.5) is 0 Å². The topological polar surface area (TPSA) is 16.4 Å². The number of hydrogen-bond donors (Lipinski definition) is 0. The molecule has 1 aromatic heterocycles. The molecule has 0 N–H and O–H groups in total. The van der Waals surface area contributed by atoms with Crippen molar-refractivity contribution in [3.05, 3.63) is 48.0 Å². The molecule has 0 unspecified atom stereocenters. The van der Waals surface area contributed by atoms with E-state index in [4.69, 9.17) is 16.0 Å². The number of benzene rings is 1. The van der Waals surface area contributed by atoms with Gasteiger partial charge in [0.1, 0.15) is 11.3 Å². The third-order valence-electron chi connectivity index (χ3n) is 3.56. The van der Waals surface area contributed by atoms with Crippen LogP contribution in [0, 0.1) is 7.43 Å². The van der Waals surface area contributed by atoms with Gasteiger partial charge in [-0.05, 0) is 43.7 Å². The molecule has 0 atom stereocenters. The van der Waals surface area contributed by atoms with E-state index in [1.54, 1.807) is 0 Å². The van der Waals surface area contributed by atoms with Crippen LogP contribution in [0.2, 0.25) is 5.02 Å². The Hall–Kier alpha value is -0.00377. The number of furan rings is 1. The number of hydrogen-bond acceptors (Lipinski definition) is 2. The van der Waals surface area contributed by atoms with Gasteiger partial charge in [-0.1, -0.05) is 18.2 Å². The summed E-state index contributed by atoms with van der Waals surface area (Å²) in [5.41, 5.74) is 4.34. The van der Waals surface area contributed by atoms with Gasteiger partial charge in [-0.2, -0.15) is 0 Å². The zero-order valence-electron chi connectivity index (χ0n) is 12.8. The average molecular weight is 381 g/mol. The average Bonchev–Trinajstić information content (AvgIpc) is 2.57. The summed E-state index contributed by atoms with van der Waals surface area (Å²) in [6, 6.07) is 3.89. The summed E-state index contributed by atoms with van der Waals surface area (Å²) in [4.78, 5) is 2.30. The SMILES string of the molecule is C=C(C)c1oc2ccc(Cl)c3c2c1CN(C)CC3.[Br-].[CH3-].[Mg+2]. The van der Waals surface area contributed by atoms with Crippen LogP contribution in [0.25, 0.3) is 16.5 Å². The molecule has 2 nitrogen and oxygen atoms in total. The predicted octanol–water partition coefficient (Wildman–Crippen LogP) is 1.18. The molecule has 110 valence electrons. The van der Waals surface area contributed by atoms with Gasteiger partial charge in [0.2, 0.25) is 0 Å². The summed E-state index contributed by atoms with van der Waals surface area (Å²) in [7, 11) is 2.13. The summed E-state index contributed by atoms with van der Waals surface area (Å²) in [6.45, 7) is 7.91. The van der Waals surface area contributed by atoms with E-state index in [1.165, 1.54) is 16.5 Å². The molecule has 21 heavy (non-hydrogen) atoms. The van der Waals surface area contributed by atoms with Gasteiger partial charge in [-0.15, -0.1) is 0 Å². The zero-order valence-corrected chi connectivity index (χ0v) is 16.6. The number of halogens is 2. The molecule has 1 aliphatic heterocycles. The van der Waals surface area contributed by atoms with Crippen molar-refractivity contribution in [2.75, 3.05) is 13.6 Å². The second kappa shape index (κ2) is 8.02. The third kappa shape index (κ3) is 3.67. The Morgan fingerprint density at radius 2 is 2.00 bits per heavy atom. The maximum Gasteiger partial charge on any atom is 2.00 e. The van der Waals surface area contributed by atoms with E-state index in [0.29, 0.717) is 0 Å². The standard InChI is InChI=1S/C15H16ClNO.CH3.BrH.Mg/c1-9(2)15-11-8-17(3)7-6-10-12(16)4-5-13(18-15)14(10)11;;;/h4-5H,1,6-8H2,2-3H3;1H3;1H;/q;-1;;+2/p-1. The molecule has 0 aliphatic carbocycles. The molecule has 0 radical (unpaired) electrons. The van der Waals surface area contributed by atoms with Crippen LogP contribution >= 0.6 is 11.6 Å². The predicted molar refractivity (Wildman–Crippen MR) is 88.1 cm³/mol. The molecule has 0 saturated carbocycles. The smallest absolute Gasteiger partial charge is 1.00 e. The van der Waals surface area contributed by atoms with E-state index >= 15 is 0 Å². The number of allylic oxidation sites excluding steroid dienone is 1. The fourth-order valence-corrected chi connectivity index (χ4v) is 2.95. The Morgan fingerprint density at radius 1 is 1.33 bits per heavy atom. The van der Waals surface area contributed by atoms with Gasteiger partial charge in [0, 0.05) is 29.1 Å². The normalized spacial score (nSPS) is 13.7. The molecular weight excluding hydrogens is 362 g/mol. The first-order valence-corrected chi connectivity index (χ1v) is 6.53. The number of nitrogens with zero attached hydrogens (tertiary/aromatic N) is 1. The van der Waals surface area contributed by atoms with Crippen molar-refractivity contribution in [2.45, 2.75) is 19.9 Å². The molecule has 0 bridgehead atoms. The molecule has 2 heterocycles. The first-order chi connectivity index (χ1) is 8.58. The fourth-order valence-electron chi connectivity index (χ4n) is 2.69. The second-order valence-corrected chi connectivity index (χ2v) is 5.48. The molecule has 0 spiro atoms. The molecule has 3 rings (SSSR count). The minimum atomic E-state index is 0. The van der Waals surface area contributed by atoms with Crippen LogP contribution in [0.15, 0.2) is 23.1 Å². The van der Waals surface area contributed by atoms with Gasteiger partial charge in [0.05, 0.1) is 0 Å². The number of rotatable bonds is 1. The second-order valence-electron chi connectivity index (χ2n) is 5.08. The van der Waals surface area contributed by atoms with Crippen LogP contribution in [0.5, 0.6) is 0 Å². The van der Waals surface area contributed by atoms with Crippen molar-refractivity contribution in [3.8, 4) is 0 Å². The van der Waals surface area contributed by atoms with Crippen LogP contribution < -0.4 is 17.0 Å². The minimum Gasteiger partial charge on any atom is -1.00 e. The van der Waals surface area contributed by atoms with E-state index in [1.807, 2.05) is 19.1 Å². The first kappa shape index (κ1) is 21.0. The minimum absolute atomic E-state index is 0. The quantitative estimate of drug-likeness (QED) is 0.545. The largest absolute Gasteiger partial charge is 2.00 e. The maximum atomic E-state index is 6.34. The van der Waals surface area contributed by atoms with Crippen LogP contribution in [-0.4, -0.2) is 41.5 Å². The van der Waals surface area contributed by atoms with Crippen LogP contribution in [-0.2, 0) is 13.0 Å². The molecule has 5 heteroatoms. The van der Waals surface area contributed by atoms with Gasteiger partial charge >= 0.3 is 23.1 Å². The van der Waals surface area contributed by atoms with E-state index in [2.05, 4.69) is 18.5 Å². The fraction of sp³-hybridized carbons (Fsp3) is 0.312. The van der Waals surface area contributed by atoms with Gasteiger partial charge in [-0.25, -0.2) is 0 Å². The Labute approximate surface area is 158 Å². The number of likely N-dealkylation sites (N-methyl/N-ethyl adjacent to an activating group) is 1. The Morgan fingerprint density at radius 3 is 2.62 bits per heavy atom. The van der Waals surface area contributed by atoms with Crippen molar-refractivity contribution in [1.29, 1.82) is 0 Å². The summed E-state index contributed by atoms with van der Waals surface area (Å²) >= 11 is 6.34. The molecule has 0 saturated heterocycles. The summed E-state index contributed by atoms with van der Waals surface area (Å²) in [5, 5.41) is 2.04. The van der Waals surface area contributed by atoms with Crippen molar-refractivity contribution >= 4 is 51.2 Å². The molecule has 1 aromatic carbocycles. The Bertz CT molecular complexity index is 653. The molecule has 1 aliphatic rings. The molecule has 0 fully saturated rings. The van der Waals surface area contributed by atoms with E-state index in [9.17, 15) is 0 Å². The third-order valence-corrected chi connectivity index (χ3v) is 3.92. The maximum absolute atomic E-state index is 6.34.